The first-order valence-corrected chi connectivity index (χ1v) is 7.74. The third-order valence-electron chi connectivity index (χ3n) is 2.88. The van der Waals surface area contributed by atoms with Crippen molar-refractivity contribution in [1.29, 1.82) is 0 Å². The van der Waals surface area contributed by atoms with Gasteiger partial charge in [0.1, 0.15) is 11.9 Å². The van der Waals surface area contributed by atoms with E-state index in [-0.39, 0.29) is 11.8 Å². The van der Waals surface area contributed by atoms with E-state index in [1.165, 1.54) is 17.4 Å². The number of rotatable bonds is 5. The molecule has 0 fully saturated rings. The molecule has 0 aliphatic heterocycles. The first kappa shape index (κ1) is 15.4. The molecule has 1 aromatic heterocycles. The molecule has 2 unspecified atom stereocenters. The van der Waals surface area contributed by atoms with Crippen molar-refractivity contribution in [2.45, 2.75) is 25.5 Å². The average molecular weight is 362 g/mol. The van der Waals surface area contributed by atoms with Crippen molar-refractivity contribution in [3.8, 4) is 5.75 Å². The first-order valence-electron chi connectivity index (χ1n) is 6.13. The predicted octanol–water partition coefficient (Wildman–Crippen LogP) is 4.65. The number of ether oxygens (including phenoxy) is 1. The van der Waals surface area contributed by atoms with Gasteiger partial charge in [-0.1, -0.05) is 6.92 Å². The van der Waals surface area contributed by atoms with Crippen LogP contribution in [0.25, 0.3) is 0 Å². The average Bonchev–Trinajstić information content (AvgIpc) is 2.83. The van der Waals surface area contributed by atoms with E-state index in [1.54, 1.807) is 0 Å². The van der Waals surface area contributed by atoms with Crippen LogP contribution in [0.15, 0.2) is 34.1 Å². The van der Waals surface area contributed by atoms with Gasteiger partial charge in [-0.25, -0.2) is 8.78 Å². The van der Waals surface area contributed by atoms with Crippen LogP contribution in [0, 0.1) is 11.6 Å². The van der Waals surface area contributed by atoms with E-state index in [4.69, 9.17) is 10.5 Å². The lowest BCUT2D eigenvalue weighted by Gasteiger charge is -2.23. The van der Waals surface area contributed by atoms with Crippen LogP contribution in [0.4, 0.5) is 8.78 Å². The maximum absolute atomic E-state index is 13.7. The summed E-state index contributed by atoms with van der Waals surface area (Å²) in [6.07, 6.45) is 0.222. The normalized spacial score (nSPS) is 14.1. The summed E-state index contributed by atoms with van der Waals surface area (Å²) in [5.41, 5.74) is 6.06. The van der Waals surface area contributed by atoms with Gasteiger partial charge < -0.3 is 10.5 Å². The number of nitrogens with two attached hydrogens (primary N) is 1. The van der Waals surface area contributed by atoms with Gasteiger partial charge >= 0.3 is 0 Å². The molecule has 2 aromatic rings. The molecular formula is C14H14BrF2NOS. The Hall–Kier alpha value is -0.980. The standard InChI is InChI=1S/C14H14BrF2NOS/c1-2-10(18)14(12-5-6-13(15)20-12)19-11-4-3-8(16)7-9(11)17/h3-7,10,14H,2,18H2,1H3. The smallest absolute Gasteiger partial charge is 0.168 e. The molecular weight excluding hydrogens is 348 g/mol. The SMILES string of the molecule is CCC(N)C(Oc1ccc(F)cc1F)c1ccc(Br)s1. The van der Waals surface area contributed by atoms with Crippen molar-refractivity contribution >= 4 is 27.3 Å². The lowest BCUT2D eigenvalue weighted by molar-refractivity contribution is 0.167. The maximum Gasteiger partial charge on any atom is 0.168 e. The minimum Gasteiger partial charge on any atom is -0.480 e. The summed E-state index contributed by atoms with van der Waals surface area (Å²) in [5, 5.41) is 0. The van der Waals surface area contributed by atoms with Crippen molar-refractivity contribution in [3.05, 3.63) is 50.6 Å². The van der Waals surface area contributed by atoms with Gasteiger partial charge in [0.25, 0.3) is 0 Å². The molecule has 6 heteroatoms. The van der Waals surface area contributed by atoms with Gasteiger partial charge in [0.05, 0.1) is 3.79 Å². The van der Waals surface area contributed by atoms with Gasteiger partial charge in [0, 0.05) is 17.0 Å². The fraction of sp³-hybridized carbons (Fsp3) is 0.286. The van der Waals surface area contributed by atoms with E-state index in [2.05, 4.69) is 15.9 Å². The highest BCUT2D eigenvalue weighted by Gasteiger charge is 2.23. The minimum absolute atomic E-state index is 0.00447. The second kappa shape index (κ2) is 6.65. The van der Waals surface area contributed by atoms with Crippen LogP contribution >= 0.6 is 27.3 Å². The van der Waals surface area contributed by atoms with Gasteiger partial charge in [0.15, 0.2) is 11.6 Å². The summed E-state index contributed by atoms with van der Waals surface area (Å²) in [7, 11) is 0. The van der Waals surface area contributed by atoms with Crippen LogP contribution in [0.5, 0.6) is 5.75 Å². The summed E-state index contributed by atoms with van der Waals surface area (Å²) in [5.74, 6) is -1.36. The third-order valence-corrected chi connectivity index (χ3v) is 4.57. The van der Waals surface area contributed by atoms with Gasteiger partial charge in [-0.3, -0.25) is 0 Å². The van der Waals surface area contributed by atoms with Gasteiger partial charge in [-0.2, -0.15) is 0 Å². The predicted molar refractivity (Wildman–Crippen MR) is 80.0 cm³/mol. The number of thiophene rings is 1. The van der Waals surface area contributed by atoms with E-state index in [0.29, 0.717) is 6.42 Å². The molecule has 0 amide bonds. The largest absolute Gasteiger partial charge is 0.480 e. The van der Waals surface area contributed by atoms with Crippen LogP contribution in [0.1, 0.15) is 24.3 Å². The van der Waals surface area contributed by atoms with Crippen LogP contribution < -0.4 is 10.5 Å². The summed E-state index contributed by atoms with van der Waals surface area (Å²) in [6.45, 7) is 1.94. The Morgan fingerprint density at radius 3 is 2.60 bits per heavy atom. The van der Waals surface area contributed by atoms with Crippen molar-refractivity contribution in [2.75, 3.05) is 0 Å². The Labute approximate surface area is 128 Å². The molecule has 0 aliphatic carbocycles. The zero-order valence-electron chi connectivity index (χ0n) is 10.8. The Balaban J connectivity index is 2.28. The molecule has 2 atom stereocenters. The van der Waals surface area contributed by atoms with Crippen molar-refractivity contribution < 1.29 is 13.5 Å². The van der Waals surface area contributed by atoms with E-state index >= 15 is 0 Å². The molecule has 0 spiro atoms. The lowest BCUT2D eigenvalue weighted by Crippen LogP contribution is -2.31. The van der Waals surface area contributed by atoms with Crippen molar-refractivity contribution in [1.82, 2.24) is 0 Å². The molecule has 2 N–H and O–H groups in total. The molecule has 0 saturated heterocycles. The van der Waals surface area contributed by atoms with E-state index in [0.717, 1.165) is 20.8 Å². The molecule has 0 aliphatic rings. The van der Waals surface area contributed by atoms with Crippen LogP contribution in [0.3, 0.4) is 0 Å². The molecule has 2 rings (SSSR count). The van der Waals surface area contributed by atoms with Crippen LogP contribution in [0.2, 0.25) is 0 Å². The maximum atomic E-state index is 13.7. The zero-order chi connectivity index (χ0) is 14.7. The molecule has 108 valence electrons. The van der Waals surface area contributed by atoms with Gasteiger partial charge in [0.2, 0.25) is 0 Å². The molecule has 0 saturated carbocycles. The van der Waals surface area contributed by atoms with E-state index in [9.17, 15) is 8.78 Å². The molecule has 2 nitrogen and oxygen atoms in total. The van der Waals surface area contributed by atoms with Crippen LogP contribution in [-0.2, 0) is 0 Å². The third kappa shape index (κ3) is 3.56. The zero-order valence-corrected chi connectivity index (χ0v) is 13.2. The van der Waals surface area contributed by atoms with Crippen LogP contribution in [-0.4, -0.2) is 6.04 Å². The molecule has 20 heavy (non-hydrogen) atoms. The van der Waals surface area contributed by atoms with Gasteiger partial charge in [-0.05, 0) is 46.6 Å². The second-order valence-corrected chi connectivity index (χ2v) is 6.82. The second-order valence-electron chi connectivity index (χ2n) is 4.33. The minimum atomic E-state index is -0.728. The summed E-state index contributed by atoms with van der Waals surface area (Å²) in [4.78, 5) is 0.898. The Kier molecular flexibility index (Phi) is 5.12. The number of hydrogen-bond donors (Lipinski definition) is 1. The fourth-order valence-electron chi connectivity index (χ4n) is 1.76. The number of hydrogen-bond acceptors (Lipinski definition) is 3. The summed E-state index contributed by atoms with van der Waals surface area (Å²) in [6, 6.07) is 6.75. The molecule has 1 aromatic carbocycles. The monoisotopic (exact) mass is 361 g/mol. The fourth-order valence-corrected chi connectivity index (χ4v) is 3.29. The first-order chi connectivity index (χ1) is 9.51. The summed E-state index contributed by atoms with van der Waals surface area (Å²) < 4.78 is 33.2. The molecule has 1 heterocycles. The van der Waals surface area contributed by atoms with Crippen molar-refractivity contribution in [2.24, 2.45) is 5.73 Å². The van der Waals surface area contributed by atoms with Crippen molar-refractivity contribution in [3.63, 3.8) is 0 Å². The van der Waals surface area contributed by atoms with E-state index in [1.807, 2.05) is 19.1 Å². The molecule has 0 bridgehead atoms. The lowest BCUT2D eigenvalue weighted by atomic mass is 10.1. The number of halogens is 3. The van der Waals surface area contributed by atoms with E-state index < -0.39 is 17.7 Å². The highest BCUT2D eigenvalue weighted by Crippen LogP contribution is 2.33. The highest BCUT2D eigenvalue weighted by molar-refractivity contribution is 9.11. The molecule has 0 radical (unpaired) electrons. The Morgan fingerprint density at radius 1 is 1.30 bits per heavy atom. The summed E-state index contributed by atoms with van der Waals surface area (Å²) >= 11 is 4.86. The Bertz CT molecular complexity index is 590. The Morgan fingerprint density at radius 2 is 2.05 bits per heavy atom. The topological polar surface area (TPSA) is 35.2 Å². The highest BCUT2D eigenvalue weighted by atomic mass is 79.9. The van der Waals surface area contributed by atoms with Gasteiger partial charge in [-0.15, -0.1) is 11.3 Å². The number of benzene rings is 1. The quantitative estimate of drug-likeness (QED) is 0.841.